The van der Waals surface area contributed by atoms with Gasteiger partial charge in [-0.1, -0.05) is 52.0 Å². The lowest BCUT2D eigenvalue weighted by Crippen LogP contribution is -2.41. The molecule has 0 bridgehead atoms. The van der Waals surface area contributed by atoms with Crippen molar-refractivity contribution in [1.82, 2.24) is 5.32 Å². The second-order valence-electron chi connectivity index (χ2n) is 6.09. The monoisotopic (exact) mass is 293 g/mol. The molecule has 1 aromatic rings. The number of hydrogen-bond acceptors (Lipinski definition) is 2. The molecule has 0 aliphatic heterocycles. The van der Waals surface area contributed by atoms with E-state index in [0.29, 0.717) is 5.92 Å². The first kappa shape index (κ1) is 15.7. The van der Waals surface area contributed by atoms with Gasteiger partial charge in [-0.2, -0.15) is 0 Å². The minimum absolute atomic E-state index is 0.238. The molecule has 1 aliphatic carbocycles. The quantitative estimate of drug-likeness (QED) is 0.901. The molecule has 3 heteroatoms. The highest BCUT2D eigenvalue weighted by Gasteiger charge is 2.35. The second kappa shape index (κ2) is 6.86. The van der Waals surface area contributed by atoms with Gasteiger partial charge in [0, 0.05) is 22.1 Å². The van der Waals surface area contributed by atoms with Gasteiger partial charge < -0.3 is 5.32 Å². The molecule has 1 aliphatic rings. The highest BCUT2D eigenvalue weighted by atomic mass is 32.2. The van der Waals surface area contributed by atoms with Crippen molar-refractivity contribution in [2.75, 3.05) is 6.54 Å². The summed E-state index contributed by atoms with van der Waals surface area (Å²) in [6.45, 7) is 9.51. The summed E-state index contributed by atoms with van der Waals surface area (Å²) in [4.78, 5) is 0. The van der Waals surface area contributed by atoms with Crippen molar-refractivity contribution in [1.29, 1.82) is 0 Å². The predicted molar refractivity (Wildman–Crippen MR) is 87.4 cm³/mol. The Kier molecular flexibility index (Phi) is 5.39. The fourth-order valence-electron chi connectivity index (χ4n) is 2.99. The minimum atomic E-state index is -0.783. The van der Waals surface area contributed by atoms with Crippen molar-refractivity contribution in [2.24, 2.45) is 5.92 Å². The van der Waals surface area contributed by atoms with Crippen LogP contribution in [0.1, 0.15) is 51.3 Å². The van der Waals surface area contributed by atoms with Crippen LogP contribution in [-0.4, -0.2) is 21.3 Å². The minimum Gasteiger partial charge on any atom is -0.309 e. The molecule has 20 heavy (non-hydrogen) atoms. The van der Waals surface area contributed by atoms with E-state index < -0.39 is 10.8 Å². The van der Waals surface area contributed by atoms with Crippen molar-refractivity contribution >= 4 is 10.8 Å². The fraction of sp³-hybridized carbons (Fsp3) is 0.647. The van der Waals surface area contributed by atoms with Gasteiger partial charge in [-0.05, 0) is 36.4 Å². The van der Waals surface area contributed by atoms with E-state index >= 15 is 0 Å². The van der Waals surface area contributed by atoms with Crippen LogP contribution in [0.3, 0.4) is 0 Å². The third-order valence-corrected chi connectivity index (χ3v) is 6.87. The first-order valence-electron chi connectivity index (χ1n) is 7.76. The largest absolute Gasteiger partial charge is 0.309 e. The van der Waals surface area contributed by atoms with Crippen LogP contribution >= 0.6 is 0 Å². The van der Waals surface area contributed by atoms with Gasteiger partial charge in [-0.25, -0.2) is 0 Å². The maximum absolute atomic E-state index is 12.9. The van der Waals surface area contributed by atoms with Crippen LogP contribution in [0.2, 0.25) is 0 Å². The molecular formula is C17H27NOS. The molecule has 4 unspecified atom stereocenters. The molecule has 2 rings (SSSR count). The molecule has 0 saturated heterocycles. The first-order valence-corrected chi connectivity index (χ1v) is 9.04. The van der Waals surface area contributed by atoms with Gasteiger partial charge in [0.15, 0.2) is 0 Å². The lowest BCUT2D eigenvalue weighted by Gasteiger charge is -2.35. The normalized spacial score (nSPS) is 25.2. The Balaban J connectivity index is 2.28. The lowest BCUT2D eigenvalue weighted by molar-refractivity contribution is 0.468. The van der Waals surface area contributed by atoms with Crippen LogP contribution in [0.25, 0.3) is 0 Å². The van der Waals surface area contributed by atoms with Crippen molar-refractivity contribution in [3.8, 4) is 0 Å². The Morgan fingerprint density at radius 1 is 1.30 bits per heavy atom. The second-order valence-corrected chi connectivity index (χ2v) is 8.10. The van der Waals surface area contributed by atoms with Gasteiger partial charge in [-0.15, -0.1) is 0 Å². The average molecular weight is 293 g/mol. The molecule has 4 atom stereocenters. The Bertz CT molecular complexity index is 472. The van der Waals surface area contributed by atoms with E-state index in [1.54, 1.807) is 0 Å². The van der Waals surface area contributed by atoms with Gasteiger partial charge in [-0.3, -0.25) is 4.21 Å². The molecule has 1 N–H and O–H groups in total. The molecule has 0 amide bonds. The van der Waals surface area contributed by atoms with Gasteiger partial charge in [0.05, 0.1) is 5.25 Å². The number of hydrogen-bond donors (Lipinski definition) is 1. The highest BCUT2D eigenvalue weighted by Crippen LogP contribution is 2.34. The van der Waals surface area contributed by atoms with E-state index in [-0.39, 0.29) is 16.5 Å². The molecule has 0 heterocycles. The molecule has 112 valence electrons. The van der Waals surface area contributed by atoms with E-state index in [9.17, 15) is 4.21 Å². The van der Waals surface area contributed by atoms with Crippen molar-refractivity contribution in [3.05, 3.63) is 35.4 Å². The third-order valence-electron chi connectivity index (χ3n) is 4.49. The summed E-state index contributed by atoms with van der Waals surface area (Å²) in [6, 6.07) is 8.86. The van der Waals surface area contributed by atoms with Gasteiger partial charge in [0.2, 0.25) is 0 Å². The highest BCUT2D eigenvalue weighted by molar-refractivity contribution is 7.86. The number of fused-ring (bicyclic) bond motifs is 1. The standard InChI is InChI=1S/C17H27NOS/c1-5-18-17-15-9-7-6-8-14(15)10-11-16(17)20(19)13(4)12(2)3/h6-9,12-13,16-18H,5,10-11H2,1-4H3. The van der Waals surface area contributed by atoms with E-state index in [2.05, 4.69) is 57.3 Å². The molecule has 0 radical (unpaired) electrons. The van der Waals surface area contributed by atoms with Crippen LogP contribution < -0.4 is 5.32 Å². The maximum atomic E-state index is 12.9. The molecule has 2 nitrogen and oxygen atoms in total. The molecular weight excluding hydrogens is 266 g/mol. The summed E-state index contributed by atoms with van der Waals surface area (Å²) in [7, 11) is -0.783. The van der Waals surface area contributed by atoms with Crippen molar-refractivity contribution < 1.29 is 4.21 Å². The van der Waals surface area contributed by atoms with E-state index in [0.717, 1.165) is 19.4 Å². The fourth-order valence-corrected chi connectivity index (χ4v) is 4.93. The Morgan fingerprint density at radius 2 is 2.00 bits per heavy atom. The zero-order valence-corrected chi connectivity index (χ0v) is 13.9. The summed E-state index contributed by atoms with van der Waals surface area (Å²) < 4.78 is 12.9. The van der Waals surface area contributed by atoms with Crippen molar-refractivity contribution in [2.45, 2.75) is 57.1 Å². The number of nitrogens with one attached hydrogen (secondary N) is 1. The van der Waals surface area contributed by atoms with Crippen molar-refractivity contribution in [3.63, 3.8) is 0 Å². The molecule has 0 aromatic heterocycles. The maximum Gasteiger partial charge on any atom is 0.0548 e. The van der Waals surface area contributed by atoms with Crippen LogP contribution in [0, 0.1) is 5.92 Å². The van der Waals surface area contributed by atoms with E-state index in [4.69, 9.17) is 0 Å². The van der Waals surface area contributed by atoms with Crippen LogP contribution in [0.4, 0.5) is 0 Å². The van der Waals surface area contributed by atoms with Gasteiger partial charge in [0.25, 0.3) is 0 Å². The lowest BCUT2D eigenvalue weighted by atomic mass is 9.87. The summed E-state index contributed by atoms with van der Waals surface area (Å²) >= 11 is 0. The summed E-state index contributed by atoms with van der Waals surface area (Å²) in [5, 5.41) is 4.07. The summed E-state index contributed by atoms with van der Waals surface area (Å²) in [5.74, 6) is 0.468. The summed E-state index contributed by atoms with van der Waals surface area (Å²) in [6.07, 6.45) is 2.08. The first-order chi connectivity index (χ1) is 9.56. The van der Waals surface area contributed by atoms with Crippen LogP contribution in [0.5, 0.6) is 0 Å². The van der Waals surface area contributed by atoms with Crippen LogP contribution in [-0.2, 0) is 17.2 Å². The molecule has 0 fully saturated rings. The Labute approximate surface area is 125 Å². The zero-order chi connectivity index (χ0) is 14.7. The number of benzene rings is 1. The Morgan fingerprint density at radius 3 is 2.65 bits per heavy atom. The third kappa shape index (κ3) is 3.15. The zero-order valence-electron chi connectivity index (χ0n) is 13.1. The van der Waals surface area contributed by atoms with Crippen LogP contribution in [0.15, 0.2) is 24.3 Å². The van der Waals surface area contributed by atoms with E-state index in [1.165, 1.54) is 11.1 Å². The molecule has 0 spiro atoms. The summed E-state index contributed by atoms with van der Waals surface area (Å²) in [5.41, 5.74) is 2.78. The number of aryl methyl sites for hydroxylation is 1. The van der Waals surface area contributed by atoms with Gasteiger partial charge >= 0.3 is 0 Å². The Hall–Kier alpha value is -0.670. The average Bonchev–Trinajstić information content (AvgIpc) is 2.46. The predicted octanol–water partition coefficient (Wildman–Crippen LogP) is 3.45. The number of rotatable bonds is 5. The molecule has 1 aromatic carbocycles. The smallest absolute Gasteiger partial charge is 0.0548 e. The topological polar surface area (TPSA) is 29.1 Å². The van der Waals surface area contributed by atoms with Gasteiger partial charge in [0.1, 0.15) is 0 Å². The van der Waals surface area contributed by atoms with E-state index in [1.807, 2.05) is 0 Å². The molecule has 0 saturated carbocycles. The SMILES string of the molecule is CCNC1c2ccccc2CCC1S(=O)C(C)C(C)C.